The number of nitrogens with one attached hydrogen (secondary N) is 1. The van der Waals surface area contributed by atoms with Gasteiger partial charge in [-0.2, -0.15) is 0 Å². The van der Waals surface area contributed by atoms with Crippen molar-refractivity contribution in [3.8, 4) is 0 Å². The summed E-state index contributed by atoms with van der Waals surface area (Å²) in [5.74, 6) is 1.44. The molecule has 88 valence electrons. The van der Waals surface area contributed by atoms with E-state index in [1.54, 1.807) is 0 Å². The lowest BCUT2D eigenvalue weighted by Gasteiger charge is -2.22. The number of piperidine rings is 1. The van der Waals surface area contributed by atoms with E-state index < -0.39 is 0 Å². The monoisotopic (exact) mass is 218 g/mol. The van der Waals surface area contributed by atoms with Crippen LogP contribution < -0.4 is 5.32 Å². The van der Waals surface area contributed by atoms with E-state index in [-0.39, 0.29) is 0 Å². The summed E-state index contributed by atoms with van der Waals surface area (Å²) in [5.41, 5.74) is 2.78. The maximum absolute atomic E-state index is 4.36. The quantitative estimate of drug-likeness (QED) is 0.844. The van der Waals surface area contributed by atoms with E-state index in [0.29, 0.717) is 5.92 Å². The average Bonchev–Trinajstić information content (AvgIpc) is 2.30. The summed E-state index contributed by atoms with van der Waals surface area (Å²) in [5, 5.41) is 3.41. The molecule has 1 aromatic rings. The molecule has 0 aromatic carbocycles. The highest BCUT2D eigenvalue weighted by Crippen LogP contribution is 2.20. The zero-order valence-electron chi connectivity index (χ0n) is 10.4. The molecule has 1 aliphatic rings. The molecule has 0 spiro atoms. The summed E-state index contributed by atoms with van der Waals surface area (Å²) < 4.78 is 0. The Morgan fingerprint density at radius 3 is 2.75 bits per heavy atom. The molecule has 16 heavy (non-hydrogen) atoms. The maximum atomic E-state index is 4.36. The Morgan fingerprint density at radius 1 is 1.31 bits per heavy atom. The highest BCUT2D eigenvalue weighted by molar-refractivity contribution is 5.21. The second-order valence-electron chi connectivity index (χ2n) is 5.18. The van der Waals surface area contributed by atoms with Gasteiger partial charge in [-0.25, -0.2) is 0 Å². The van der Waals surface area contributed by atoms with E-state index in [4.69, 9.17) is 0 Å². The van der Waals surface area contributed by atoms with Crippen LogP contribution in [0.15, 0.2) is 18.5 Å². The predicted octanol–water partition coefficient (Wildman–Crippen LogP) is 2.75. The normalized spacial score (nSPS) is 17.9. The first kappa shape index (κ1) is 11.6. The van der Waals surface area contributed by atoms with E-state index in [2.05, 4.69) is 30.2 Å². The van der Waals surface area contributed by atoms with Crippen molar-refractivity contribution < 1.29 is 0 Å². The van der Waals surface area contributed by atoms with Crippen LogP contribution in [-0.2, 0) is 6.42 Å². The predicted molar refractivity (Wildman–Crippen MR) is 67.6 cm³/mol. The zero-order valence-corrected chi connectivity index (χ0v) is 10.4. The third-order valence-corrected chi connectivity index (χ3v) is 3.47. The molecule has 0 bridgehead atoms. The number of aromatic nitrogens is 1. The first-order valence-corrected chi connectivity index (χ1v) is 6.40. The van der Waals surface area contributed by atoms with Crippen molar-refractivity contribution in [1.29, 1.82) is 0 Å². The zero-order chi connectivity index (χ0) is 11.4. The van der Waals surface area contributed by atoms with Crippen LogP contribution in [0.1, 0.15) is 43.7 Å². The molecular weight excluding hydrogens is 196 g/mol. The van der Waals surface area contributed by atoms with Gasteiger partial charge in [0.2, 0.25) is 0 Å². The topological polar surface area (TPSA) is 24.9 Å². The molecule has 1 saturated heterocycles. The Balaban J connectivity index is 2.00. The van der Waals surface area contributed by atoms with Gasteiger partial charge >= 0.3 is 0 Å². The summed E-state index contributed by atoms with van der Waals surface area (Å²) in [6.07, 6.45) is 7.86. The van der Waals surface area contributed by atoms with Crippen molar-refractivity contribution in [2.45, 2.75) is 39.0 Å². The molecule has 0 saturated carbocycles. The van der Waals surface area contributed by atoms with Crippen molar-refractivity contribution >= 4 is 0 Å². The summed E-state index contributed by atoms with van der Waals surface area (Å²) in [4.78, 5) is 4.36. The first-order chi connectivity index (χ1) is 7.75. The SMILES string of the molecule is CC(C)c1cncc(CC2CCNCC2)c1. The number of rotatable bonds is 3. The third kappa shape index (κ3) is 3.05. The lowest BCUT2D eigenvalue weighted by Crippen LogP contribution is -2.28. The van der Waals surface area contributed by atoms with Crippen molar-refractivity contribution in [2.75, 3.05) is 13.1 Å². The molecule has 0 amide bonds. The van der Waals surface area contributed by atoms with E-state index >= 15 is 0 Å². The minimum atomic E-state index is 0.584. The molecule has 1 aliphatic heterocycles. The molecule has 2 heterocycles. The van der Waals surface area contributed by atoms with Gasteiger partial charge in [0.05, 0.1) is 0 Å². The highest BCUT2D eigenvalue weighted by Gasteiger charge is 2.13. The van der Waals surface area contributed by atoms with Crippen LogP contribution >= 0.6 is 0 Å². The molecule has 0 unspecified atom stereocenters. The average molecular weight is 218 g/mol. The van der Waals surface area contributed by atoms with Gasteiger partial charge in [-0.05, 0) is 55.3 Å². The van der Waals surface area contributed by atoms with Gasteiger partial charge in [0.15, 0.2) is 0 Å². The molecule has 1 aromatic heterocycles. The Kier molecular flexibility index (Phi) is 3.94. The van der Waals surface area contributed by atoms with Crippen LogP contribution in [-0.4, -0.2) is 18.1 Å². The maximum Gasteiger partial charge on any atom is 0.0302 e. The van der Waals surface area contributed by atoms with Crippen molar-refractivity contribution in [2.24, 2.45) is 5.92 Å². The number of nitrogens with zero attached hydrogens (tertiary/aromatic N) is 1. The van der Waals surface area contributed by atoms with Crippen LogP contribution in [0.4, 0.5) is 0 Å². The molecule has 2 heteroatoms. The fraction of sp³-hybridized carbons (Fsp3) is 0.643. The number of hydrogen-bond acceptors (Lipinski definition) is 2. The highest BCUT2D eigenvalue weighted by atomic mass is 14.9. The van der Waals surface area contributed by atoms with Gasteiger partial charge in [-0.1, -0.05) is 19.9 Å². The fourth-order valence-electron chi connectivity index (χ4n) is 2.35. The molecular formula is C14H22N2. The Hall–Kier alpha value is -0.890. The molecule has 0 atom stereocenters. The van der Waals surface area contributed by atoms with E-state index in [1.165, 1.54) is 43.5 Å². The van der Waals surface area contributed by atoms with Gasteiger partial charge in [0.1, 0.15) is 0 Å². The van der Waals surface area contributed by atoms with Crippen LogP contribution in [0, 0.1) is 5.92 Å². The summed E-state index contributed by atoms with van der Waals surface area (Å²) >= 11 is 0. The van der Waals surface area contributed by atoms with Gasteiger partial charge in [0.25, 0.3) is 0 Å². The minimum Gasteiger partial charge on any atom is -0.317 e. The second-order valence-corrected chi connectivity index (χ2v) is 5.18. The van der Waals surface area contributed by atoms with Crippen LogP contribution in [0.2, 0.25) is 0 Å². The van der Waals surface area contributed by atoms with Crippen LogP contribution in [0.25, 0.3) is 0 Å². The number of pyridine rings is 1. The van der Waals surface area contributed by atoms with E-state index in [1.807, 2.05) is 12.4 Å². The molecule has 0 aliphatic carbocycles. The summed E-state index contributed by atoms with van der Waals surface area (Å²) in [6, 6.07) is 2.33. The lowest BCUT2D eigenvalue weighted by molar-refractivity contribution is 0.372. The Labute approximate surface area is 98.5 Å². The summed E-state index contributed by atoms with van der Waals surface area (Å²) in [6.45, 7) is 6.82. The Bertz CT molecular complexity index is 327. The van der Waals surface area contributed by atoms with Crippen LogP contribution in [0.5, 0.6) is 0 Å². The smallest absolute Gasteiger partial charge is 0.0302 e. The molecule has 2 rings (SSSR count). The van der Waals surface area contributed by atoms with Gasteiger partial charge in [0, 0.05) is 12.4 Å². The van der Waals surface area contributed by atoms with Crippen molar-refractivity contribution in [1.82, 2.24) is 10.3 Å². The van der Waals surface area contributed by atoms with Crippen molar-refractivity contribution in [3.63, 3.8) is 0 Å². The first-order valence-electron chi connectivity index (χ1n) is 6.40. The van der Waals surface area contributed by atoms with Gasteiger partial charge in [-0.3, -0.25) is 4.98 Å². The lowest BCUT2D eigenvalue weighted by atomic mass is 9.90. The molecule has 1 N–H and O–H groups in total. The molecule has 2 nitrogen and oxygen atoms in total. The minimum absolute atomic E-state index is 0.584. The molecule has 0 radical (unpaired) electrons. The fourth-order valence-corrected chi connectivity index (χ4v) is 2.35. The summed E-state index contributed by atoms with van der Waals surface area (Å²) in [7, 11) is 0. The van der Waals surface area contributed by atoms with Gasteiger partial charge in [-0.15, -0.1) is 0 Å². The standard InChI is InChI=1S/C14H22N2/c1-11(2)14-8-13(9-16-10-14)7-12-3-5-15-6-4-12/h8-12,15H,3-7H2,1-2H3. The van der Waals surface area contributed by atoms with E-state index in [0.717, 1.165) is 5.92 Å². The van der Waals surface area contributed by atoms with Gasteiger partial charge < -0.3 is 5.32 Å². The van der Waals surface area contributed by atoms with Crippen molar-refractivity contribution in [3.05, 3.63) is 29.6 Å². The third-order valence-electron chi connectivity index (χ3n) is 3.47. The second kappa shape index (κ2) is 5.44. The largest absolute Gasteiger partial charge is 0.317 e. The Morgan fingerprint density at radius 2 is 2.06 bits per heavy atom. The number of hydrogen-bond donors (Lipinski definition) is 1. The molecule has 1 fully saturated rings. The van der Waals surface area contributed by atoms with E-state index in [9.17, 15) is 0 Å². The van der Waals surface area contributed by atoms with Crippen LogP contribution in [0.3, 0.4) is 0 Å².